The van der Waals surface area contributed by atoms with E-state index in [4.69, 9.17) is 4.74 Å². The smallest absolute Gasteiger partial charge is 0.240 e. The minimum absolute atomic E-state index is 0.140. The predicted octanol–water partition coefficient (Wildman–Crippen LogP) is 3.68. The molecule has 0 atom stereocenters. The molecule has 1 aliphatic heterocycles. The fourth-order valence-corrected chi connectivity index (χ4v) is 5.04. The Hall–Kier alpha value is -2.38. The highest BCUT2D eigenvalue weighted by molar-refractivity contribution is 7.89. The van der Waals surface area contributed by atoms with Crippen molar-refractivity contribution in [2.45, 2.75) is 57.0 Å². The Labute approximate surface area is 184 Å². The topological polar surface area (TPSA) is 75.7 Å². The van der Waals surface area contributed by atoms with E-state index in [0.29, 0.717) is 25.9 Å². The summed E-state index contributed by atoms with van der Waals surface area (Å²) < 4.78 is 33.8. The van der Waals surface area contributed by atoms with Crippen molar-refractivity contribution in [2.75, 3.05) is 18.0 Å². The highest BCUT2D eigenvalue weighted by Crippen LogP contribution is 2.37. The van der Waals surface area contributed by atoms with Crippen LogP contribution < -0.4 is 14.4 Å². The monoisotopic (exact) mass is 442 g/mol. The summed E-state index contributed by atoms with van der Waals surface area (Å²) in [5, 5.41) is 0. The van der Waals surface area contributed by atoms with Crippen LogP contribution in [0.3, 0.4) is 0 Å². The van der Waals surface area contributed by atoms with Crippen LogP contribution in [0, 0.1) is 5.92 Å². The van der Waals surface area contributed by atoms with Gasteiger partial charge in [-0.25, -0.2) is 13.1 Å². The van der Waals surface area contributed by atoms with Gasteiger partial charge in [-0.1, -0.05) is 12.1 Å². The van der Waals surface area contributed by atoms with Gasteiger partial charge in [0.2, 0.25) is 15.9 Å². The summed E-state index contributed by atoms with van der Waals surface area (Å²) in [5.41, 5.74) is 2.94. The molecule has 2 aromatic carbocycles. The number of nitrogens with zero attached hydrogens (tertiary/aromatic N) is 1. The Kier molecular flexibility index (Phi) is 6.34. The lowest BCUT2D eigenvalue weighted by Crippen LogP contribution is -2.30. The molecule has 0 aromatic heterocycles. The summed E-state index contributed by atoms with van der Waals surface area (Å²) >= 11 is 0. The summed E-state index contributed by atoms with van der Waals surface area (Å²) in [4.78, 5) is 14.5. The highest BCUT2D eigenvalue weighted by Gasteiger charge is 2.36. The number of benzene rings is 2. The molecular formula is C24H30N2O4S. The standard InChI is InChI=1S/C24H30N2O4S/c1-17(2)30-21-9-5-18(6-10-21)4-3-14-25-31(28,29)22-11-12-23-20(16-22)13-15-26(23)24(27)19-7-8-19/h5-6,9-12,16-17,19,25H,3-4,7-8,13-15H2,1-2H3. The number of aryl methyl sites for hydroxylation is 1. The molecule has 1 aliphatic carbocycles. The molecule has 2 aromatic rings. The lowest BCUT2D eigenvalue weighted by molar-refractivity contribution is -0.119. The van der Waals surface area contributed by atoms with Crippen molar-refractivity contribution in [1.82, 2.24) is 4.72 Å². The highest BCUT2D eigenvalue weighted by atomic mass is 32.2. The predicted molar refractivity (Wildman–Crippen MR) is 121 cm³/mol. The lowest BCUT2D eigenvalue weighted by atomic mass is 10.1. The molecule has 7 heteroatoms. The van der Waals surface area contributed by atoms with E-state index < -0.39 is 10.0 Å². The van der Waals surface area contributed by atoms with Gasteiger partial charge in [0.05, 0.1) is 11.0 Å². The lowest BCUT2D eigenvalue weighted by Gasteiger charge is -2.17. The first kappa shape index (κ1) is 21.8. The number of carbonyl (C=O) groups is 1. The molecule has 1 N–H and O–H groups in total. The van der Waals surface area contributed by atoms with Crippen LogP contribution >= 0.6 is 0 Å². The normalized spacial score (nSPS) is 15.9. The molecule has 166 valence electrons. The number of rotatable bonds is 9. The Balaban J connectivity index is 1.30. The van der Waals surface area contributed by atoms with Gasteiger partial charge in [0.15, 0.2) is 0 Å². The SMILES string of the molecule is CC(C)Oc1ccc(CCCNS(=O)(=O)c2ccc3c(c2)CCN3C(=O)C2CC2)cc1. The number of sulfonamides is 1. The van der Waals surface area contributed by atoms with Crippen LogP contribution in [-0.2, 0) is 27.7 Å². The first-order valence-corrected chi connectivity index (χ1v) is 12.5. The summed E-state index contributed by atoms with van der Waals surface area (Å²) in [5.74, 6) is 1.18. The van der Waals surface area contributed by atoms with E-state index in [1.807, 2.05) is 43.0 Å². The molecule has 0 saturated heterocycles. The molecule has 1 saturated carbocycles. The third kappa shape index (κ3) is 5.28. The van der Waals surface area contributed by atoms with Crippen LogP contribution in [0.15, 0.2) is 47.4 Å². The van der Waals surface area contributed by atoms with Gasteiger partial charge in [0, 0.05) is 24.7 Å². The summed E-state index contributed by atoms with van der Waals surface area (Å²) in [7, 11) is -3.57. The molecular weight excluding hydrogens is 412 g/mol. The van der Waals surface area contributed by atoms with E-state index in [0.717, 1.165) is 41.8 Å². The van der Waals surface area contributed by atoms with Crippen molar-refractivity contribution in [3.8, 4) is 5.75 Å². The molecule has 0 radical (unpaired) electrons. The summed E-state index contributed by atoms with van der Waals surface area (Å²) in [6.45, 7) is 4.99. The number of hydrogen-bond acceptors (Lipinski definition) is 4. The Morgan fingerprint density at radius 1 is 1.16 bits per heavy atom. The third-order valence-corrected chi connectivity index (χ3v) is 7.14. The van der Waals surface area contributed by atoms with E-state index >= 15 is 0 Å². The third-order valence-electron chi connectivity index (χ3n) is 5.68. The fourth-order valence-electron chi connectivity index (χ4n) is 3.91. The summed E-state index contributed by atoms with van der Waals surface area (Å²) in [6.07, 6.45) is 4.27. The minimum Gasteiger partial charge on any atom is -0.491 e. The quantitative estimate of drug-likeness (QED) is 0.601. The Morgan fingerprint density at radius 3 is 2.58 bits per heavy atom. The van der Waals surface area contributed by atoms with Gasteiger partial charge in [-0.15, -0.1) is 0 Å². The van der Waals surface area contributed by atoms with Crippen molar-refractivity contribution >= 4 is 21.6 Å². The number of ether oxygens (including phenoxy) is 1. The van der Waals surface area contributed by atoms with Crippen LogP contribution in [0.1, 0.15) is 44.2 Å². The zero-order chi connectivity index (χ0) is 22.0. The molecule has 0 spiro atoms. The zero-order valence-corrected chi connectivity index (χ0v) is 19.0. The van der Waals surface area contributed by atoms with E-state index in [1.165, 1.54) is 0 Å². The van der Waals surface area contributed by atoms with Crippen LogP contribution in [0.5, 0.6) is 5.75 Å². The minimum atomic E-state index is -3.57. The van der Waals surface area contributed by atoms with Gasteiger partial charge < -0.3 is 9.64 Å². The molecule has 1 heterocycles. The second kappa shape index (κ2) is 9.01. The average Bonchev–Trinajstić information content (AvgIpc) is 3.50. The molecule has 6 nitrogen and oxygen atoms in total. The zero-order valence-electron chi connectivity index (χ0n) is 18.1. The van der Waals surface area contributed by atoms with Crippen LogP contribution in [0.2, 0.25) is 0 Å². The van der Waals surface area contributed by atoms with Gasteiger partial charge in [-0.3, -0.25) is 4.79 Å². The first-order chi connectivity index (χ1) is 14.8. The van der Waals surface area contributed by atoms with E-state index in [9.17, 15) is 13.2 Å². The summed E-state index contributed by atoms with van der Waals surface area (Å²) in [6, 6.07) is 13.0. The number of fused-ring (bicyclic) bond motifs is 1. The molecule has 2 aliphatic rings. The maximum absolute atomic E-state index is 12.7. The molecule has 0 unspecified atom stereocenters. The van der Waals surface area contributed by atoms with E-state index in [1.54, 1.807) is 18.2 Å². The first-order valence-electron chi connectivity index (χ1n) is 11.0. The van der Waals surface area contributed by atoms with Gasteiger partial charge in [-0.2, -0.15) is 0 Å². The van der Waals surface area contributed by atoms with Crippen molar-refractivity contribution in [1.29, 1.82) is 0 Å². The Bertz CT molecular complexity index is 1040. The van der Waals surface area contributed by atoms with Crippen LogP contribution in [0.4, 0.5) is 5.69 Å². The van der Waals surface area contributed by atoms with Crippen LogP contribution in [0.25, 0.3) is 0 Å². The van der Waals surface area contributed by atoms with Crippen LogP contribution in [-0.4, -0.2) is 33.5 Å². The molecule has 1 amide bonds. The number of nitrogens with one attached hydrogen (secondary N) is 1. The molecule has 0 bridgehead atoms. The second-order valence-electron chi connectivity index (χ2n) is 8.62. The number of anilines is 1. The maximum Gasteiger partial charge on any atom is 0.240 e. The largest absolute Gasteiger partial charge is 0.491 e. The molecule has 4 rings (SSSR count). The maximum atomic E-state index is 12.7. The fraction of sp³-hybridized carbons (Fsp3) is 0.458. The average molecular weight is 443 g/mol. The van der Waals surface area contributed by atoms with E-state index in [-0.39, 0.29) is 22.8 Å². The van der Waals surface area contributed by atoms with Crippen molar-refractivity contribution in [3.05, 3.63) is 53.6 Å². The van der Waals surface area contributed by atoms with E-state index in [2.05, 4.69) is 4.72 Å². The van der Waals surface area contributed by atoms with Gasteiger partial charge in [0.1, 0.15) is 5.75 Å². The van der Waals surface area contributed by atoms with Gasteiger partial charge >= 0.3 is 0 Å². The molecule has 31 heavy (non-hydrogen) atoms. The van der Waals surface area contributed by atoms with Gasteiger partial charge in [-0.05, 0) is 87.4 Å². The number of hydrogen-bond donors (Lipinski definition) is 1. The number of amides is 1. The van der Waals surface area contributed by atoms with Crippen molar-refractivity contribution in [3.63, 3.8) is 0 Å². The van der Waals surface area contributed by atoms with Gasteiger partial charge in [0.25, 0.3) is 0 Å². The number of carbonyl (C=O) groups excluding carboxylic acids is 1. The van der Waals surface area contributed by atoms with Crippen molar-refractivity contribution in [2.24, 2.45) is 5.92 Å². The second-order valence-corrected chi connectivity index (χ2v) is 10.4. The van der Waals surface area contributed by atoms with Crippen molar-refractivity contribution < 1.29 is 17.9 Å². The Morgan fingerprint density at radius 2 is 1.90 bits per heavy atom. The molecule has 1 fully saturated rings.